The summed E-state index contributed by atoms with van der Waals surface area (Å²) >= 11 is 0. The van der Waals surface area contributed by atoms with Crippen molar-refractivity contribution < 1.29 is 28.4 Å². The van der Waals surface area contributed by atoms with E-state index in [1.807, 2.05) is 54.6 Å². The van der Waals surface area contributed by atoms with E-state index in [4.69, 9.17) is 19.0 Å². The van der Waals surface area contributed by atoms with Crippen molar-refractivity contribution in [2.45, 2.75) is 116 Å². The Morgan fingerprint density at radius 1 is 0.810 bits per heavy atom. The first-order chi connectivity index (χ1) is 20.4. The molecule has 3 N–H and O–H groups in total. The van der Waals surface area contributed by atoms with Crippen molar-refractivity contribution in [3.05, 3.63) is 77.9 Å². The third-order valence-electron chi connectivity index (χ3n) is 7.13. The molecule has 0 aliphatic heterocycles. The Morgan fingerprint density at radius 2 is 1.40 bits per heavy atom. The maximum absolute atomic E-state index is 12.6. The van der Waals surface area contributed by atoms with Crippen LogP contribution in [0.3, 0.4) is 0 Å². The molecule has 0 aliphatic rings. The molecule has 0 heterocycles. The van der Waals surface area contributed by atoms with Gasteiger partial charge in [-0.25, -0.2) is 4.57 Å². The first-order valence-corrected chi connectivity index (χ1v) is 17.3. The number of hydrogen-bond acceptors (Lipinski definition) is 4. The Morgan fingerprint density at radius 3 is 2.02 bits per heavy atom. The first-order valence-electron chi connectivity index (χ1n) is 15.8. The molecule has 2 rings (SSSR count). The van der Waals surface area contributed by atoms with Crippen LogP contribution in [0.5, 0.6) is 5.75 Å². The molecule has 1 atom stereocenters. The summed E-state index contributed by atoms with van der Waals surface area (Å²) in [7, 11) is -4.64. The fourth-order valence-electron chi connectivity index (χ4n) is 4.74. The molecule has 2 aromatic carbocycles. The lowest BCUT2D eigenvalue weighted by Gasteiger charge is -2.19. The molecule has 42 heavy (non-hydrogen) atoms. The number of carbonyl (C=O) groups excluding carboxylic acids is 1. The summed E-state index contributed by atoms with van der Waals surface area (Å²) < 4.78 is 21.8. The summed E-state index contributed by atoms with van der Waals surface area (Å²) in [4.78, 5) is 30.9. The molecule has 0 spiro atoms. The number of allylic oxidation sites excluding steroid dienone is 2. The van der Waals surface area contributed by atoms with Gasteiger partial charge >= 0.3 is 7.82 Å². The van der Waals surface area contributed by atoms with Crippen LogP contribution in [0, 0.1) is 0 Å². The number of amides is 1. The van der Waals surface area contributed by atoms with Crippen molar-refractivity contribution in [1.82, 2.24) is 5.32 Å². The van der Waals surface area contributed by atoms with E-state index in [1.54, 1.807) is 0 Å². The highest BCUT2D eigenvalue weighted by Crippen LogP contribution is 2.35. The van der Waals surface area contributed by atoms with Crippen molar-refractivity contribution >= 4 is 13.7 Å². The summed E-state index contributed by atoms with van der Waals surface area (Å²) in [6, 6.07) is 16.8. The van der Waals surface area contributed by atoms with Crippen LogP contribution in [-0.4, -0.2) is 28.3 Å². The smallest absolute Gasteiger partial charge is 0.469 e. The van der Waals surface area contributed by atoms with Gasteiger partial charge in [-0.2, -0.15) is 0 Å². The average molecular weight is 602 g/mol. The number of carbonyl (C=O) groups is 1. The number of benzene rings is 2. The number of hydrogen-bond donors (Lipinski definition) is 3. The monoisotopic (exact) mass is 601 g/mol. The molecule has 0 fully saturated rings. The van der Waals surface area contributed by atoms with Crippen LogP contribution in [0.2, 0.25) is 0 Å². The molecule has 0 bridgehead atoms. The lowest BCUT2D eigenvalue weighted by Crippen LogP contribution is -2.39. The minimum atomic E-state index is -4.64. The zero-order chi connectivity index (χ0) is 30.3. The minimum absolute atomic E-state index is 0.130. The lowest BCUT2D eigenvalue weighted by molar-refractivity contribution is -0.122. The molecule has 234 valence electrons. The van der Waals surface area contributed by atoms with Crippen molar-refractivity contribution in [1.29, 1.82) is 0 Å². The molecule has 0 unspecified atom stereocenters. The Hall–Kier alpha value is -2.44. The average Bonchev–Trinajstić information content (AvgIpc) is 2.97. The molecule has 1 amide bonds. The number of nitrogens with one attached hydrogen (secondary N) is 1. The van der Waals surface area contributed by atoms with Crippen LogP contribution in [0.15, 0.2) is 66.7 Å². The third-order valence-corrected chi connectivity index (χ3v) is 7.61. The van der Waals surface area contributed by atoms with Gasteiger partial charge in [0.1, 0.15) is 12.4 Å². The standard InChI is InChI=1S/C34H52NO6P/c1-2-3-4-5-6-7-8-9-10-11-12-13-14-15-19-22-34(36)35-32(29-41-42(37,38)39)27-30-23-25-33(26-24-30)40-28-31-20-17-16-18-21-31/h9-10,16-18,20-21,23-26,32H,2-8,11-15,19,22,27-29H2,1H3,(H,35,36)(H2,37,38,39)/t32-/m1/s1. The number of phosphoric ester groups is 1. The minimum Gasteiger partial charge on any atom is -0.489 e. The summed E-state index contributed by atoms with van der Waals surface area (Å²) in [5, 5.41) is 2.90. The van der Waals surface area contributed by atoms with Crippen LogP contribution in [0.4, 0.5) is 0 Å². The Labute approximate surface area is 253 Å². The number of ether oxygens (including phenoxy) is 1. The topological polar surface area (TPSA) is 105 Å². The molecular formula is C34H52NO6P. The molecule has 0 aromatic heterocycles. The van der Waals surface area contributed by atoms with Crippen LogP contribution in [-0.2, 0) is 26.9 Å². The van der Waals surface area contributed by atoms with Crippen LogP contribution in [0.25, 0.3) is 0 Å². The van der Waals surface area contributed by atoms with E-state index in [0.29, 0.717) is 19.4 Å². The van der Waals surface area contributed by atoms with Crippen molar-refractivity contribution in [2.24, 2.45) is 0 Å². The summed E-state index contributed by atoms with van der Waals surface area (Å²) in [5.74, 6) is 0.591. The third kappa shape index (κ3) is 18.9. The largest absolute Gasteiger partial charge is 0.489 e. The predicted octanol–water partition coefficient (Wildman–Crippen LogP) is 8.44. The van der Waals surface area contributed by atoms with E-state index in [9.17, 15) is 9.36 Å². The lowest BCUT2D eigenvalue weighted by atomic mass is 10.1. The summed E-state index contributed by atoms with van der Waals surface area (Å²) in [6.07, 6.45) is 21.0. The zero-order valence-corrected chi connectivity index (χ0v) is 26.3. The second-order valence-electron chi connectivity index (χ2n) is 11.0. The van der Waals surface area contributed by atoms with Gasteiger partial charge in [0.2, 0.25) is 5.91 Å². The fourth-order valence-corrected chi connectivity index (χ4v) is 5.12. The second-order valence-corrected chi connectivity index (χ2v) is 12.2. The molecule has 0 radical (unpaired) electrons. The van der Waals surface area contributed by atoms with Gasteiger partial charge in [-0.1, -0.05) is 113 Å². The van der Waals surface area contributed by atoms with Crippen LogP contribution in [0.1, 0.15) is 108 Å². The molecule has 0 saturated heterocycles. The first kappa shape index (κ1) is 35.8. The van der Waals surface area contributed by atoms with Crippen LogP contribution < -0.4 is 10.1 Å². The highest BCUT2D eigenvalue weighted by atomic mass is 31.2. The normalized spacial score (nSPS) is 12.5. The Kier molecular flexibility index (Phi) is 18.9. The molecule has 2 aromatic rings. The van der Waals surface area contributed by atoms with E-state index >= 15 is 0 Å². The maximum atomic E-state index is 12.6. The SMILES string of the molecule is CCCCCCCCC=CCCCCCCCC(=O)N[C@@H](COP(=O)(O)O)Cc1ccc(OCc2ccccc2)cc1. The molecule has 7 nitrogen and oxygen atoms in total. The molecule has 0 aliphatic carbocycles. The summed E-state index contributed by atoms with van der Waals surface area (Å²) in [5.41, 5.74) is 1.98. The van der Waals surface area contributed by atoms with E-state index < -0.39 is 13.9 Å². The fraction of sp³-hybridized carbons (Fsp3) is 0.559. The number of phosphoric acid groups is 1. The predicted molar refractivity (Wildman–Crippen MR) is 170 cm³/mol. The Bertz CT molecular complexity index is 1040. The summed E-state index contributed by atoms with van der Waals surface area (Å²) in [6.45, 7) is 2.44. The maximum Gasteiger partial charge on any atom is 0.469 e. The Balaban J connectivity index is 1.63. The van der Waals surface area contributed by atoms with Gasteiger partial charge in [-0.3, -0.25) is 9.32 Å². The van der Waals surface area contributed by atoms with E-state index in [0.717, 1.165) is 49.0 Å². The van der Waals surface area contributed by atoms with Crippen molar-refractivity contribution in [3.8, 4) is 5.75 Å². The zero-order valence-electron chi connectivity index (χ0n) is 25.4. The van der Waals surface area contributed by atoms with Gasteiger partial charge in [0.25, 0.3) is 0 Å². The number of unbranched alkanes of at least 4 members (excludes halogenated alkanes) is 11. The van der Waals surface area contributed by atoms with Gasteiger partial charge in [0, 0.05) is 6.42 Å². The molecular weight excluding hydrogens is 549 g/mol. The highest BCUT2D eigenvalue weighted by Gasteiger charge is 2.20. The second kappa shape index (κ2) is 22.1. The van der Waals surface area contributed by atoms with E-state index in [-0.39, 0.29) is 12.5 Å². The van der Waals surface area contributed by atoms with E-state index in [1.165, 1.54) is 51.4 Å². The van der Waals surface area contributed by atoms with Gasteiger partial charge in [-0.15, -0.1) is 0 Å². The van der Waals surface area contributed by atoms with Crippen LogP contribution >= 0.6 is 7.82 Å². The van der Waals surface area contributed by atoms with Crippen molar-refractivity contribution in [3.63, 3.8) is 0 Å². The van der Waals surface area contributed by atoms with Gasteiger partial charge < -0.3 is 19.8 Å². The quantitative estimate of drug-likeness (QED) is 0.0634. The van der Waals surface area contributed by atoms with Gasteiger partial charge in [-0.05, 0) is 61.8 Å². The van der Waals surface area contributed by atoms with Gasteiger partial charge in [0.05, 0.1) is 12.6 Å². The molecule has 0 saturated carbocycles. The van der Waals surface area contributed by atoms with Gasteiger partial charge in [0.15, 0.2) is 0 Å². The van der Waals surface area contributed by atoms with Crippen molar-refractivity contribution in [2.75, 3.05) is 6.61 Å². The van der Waals surface area contributed by atoms with E-state index in [2.05, 4.69) is 24.4 Å². The highest BCUT2D eigenvalue weighted by molar-refractivity contribution is 7.46. The number of rotatable bonds is 24. The molecule has 8 heteroatoms.